The lowest BCUT2D eigenvalue weighted by Gasteiger charge is -2.03. The average molecular weight is 246 g/mol. The topological polar surface area (TPSA) is 77.3 Å². The fourth-order valence-corrected chi connectivity index (χ4v) is 1.29. The van der Waals surface area contributed by atoms with Crippen LogP contribution in [0.3, 0.4) is 0 Å². The summed E-state index contributed by atoms with van der Waals surface area (Å²) < 4.78 is 13.5. The average Bonchev–Trinajstić information content (AvgIpc) is 2.27. The molecule has 7 heteroatoms. The van der Waals surface area contributed by atoms with E-state index in [0.29, 0.717) is 0 Å². The van der Waals surface area contributed by atoms with Gasteiger partial charge in [0.2, 0.25) is 0 Å². The minimum absolute atomic E-state index is 0.171. The number of halogens is 2. The van der Waals surface area contributed by atoms with Crippen LogP contribution in [0.15, 0.2) is 12.1 Å². The van der Waals surface area contributed by atoms with Gasteiger partial charge in [0.25, 0.3) is 5.69 Å². The summed E-state index contributed by atoms with van der Waals surface area (Å²) in [6.45, 7) is 0. The highest BCUT2D eigenvalue weighted by Crippen LogP contribution is 2.24. The number of carbonyl (C=O) groups excluding carboxylic acids is 2. The number of nitro groups is 1. The first-order valence-electron chi connectivity index (χ1n) is 4.04. The number of hydrogen-bond acceptors (Lipinski definition) is 4. The Hall–Kier alpha value is -1.82. The zero-order valence-corrected chi connectivity index (χ0v) is 8.53. The molecule has 0 unspecified atom stereocenters. The zero-order chi connectivity index (χ0) is 12.3. The SMILES string of the molecule is O=Cc1ccc([N+](=O)[O-])c(C(=O)CCl)c1F. The number of alkyl halides is 1. The van der Waals surface area contributed by atoms with Crippen LogP contribution in [0.25, 0.3) is 0 Å². The van der Waals surface area contributed by atoms with E-state index in [1.807, 2.05) is 0 Å². The van der Waals surface area contributed by atoms with Crippen molar-refractivity contribution in [1.29, 1.82) is 0 Å². The third-order valence-corrected chi connectivity index (χ3v) is 2.12. The lowest BCUT2D eigenvalue weighted by Crippen LogP contribution is -2.10. The van der Waals surface area contributed by atoms with Crippen molar-refractivity contribution in [3.63, 3.8) is 0 Å². The van der Waals surface area contributed by atoms with E-state index >= 15 is 0 Å². The van der Waals surface area contributed by atoms with E-state index in [1.165, 1.54) is 0 Å². The minimum atomic E-state index is -1.21. The van der Waals surface area contributed by atoms with Crippen LogP contribution < -0.4 is 0 Å². The van der Waals surface area contributed by atoms with Crippen molar-refractivity contribution < 1.29 is 18.9 Å². The van der Waals surface area contributed by atoms with Gasteiger partial charge in [-0.3, -0.25) is 19.7 Å². The monoisotopic (exact) mass is 245 g/mol. The Balaban J connectivity index is 3.54. The highest BCUT2D eigenvalue weighted by Gasteiger charge is 2.25. The lowest BCUT2D eigenvalue weighted by atomic mass is 10.0. The van der Waals surface area contributed by atoms with Gasteiger partial charge in [-0.25, -0.2) is 4.39 Å². The fraction of sp³-hybridized carbons (Fsp3) is 0.111. The zero-order valence-electron chi connectivity index (χ0n) is 7.78. The maximum atomic E-state index is 13.5. The summed E-state index contributed by atoms with van der Waals surface area (Å²) in [5.41, 5.74) is -1.88. The van der Waals surface area contributed by atoms with E-state index in [0.717, 1.165) is 12.1 Å². The van der Waals surface area contributed by atoms with Gasteiger partial charge in [0.05, 0.1) is 16.4 Å². The molecule has 0 aliphatic rings. The molecule has 0 aromatic heterocycles. The van der Waals surface area contributed by atoms with Crippen LogP contribution in [0.4, 0.5) is 10.1 Å². The van der Waals surface area contributed by atoms with Gasteiger partial charge in [-0.15, -0.1) is 11.6 Å². The molecular weight excluding hydrogens is 241 g/mol. The summed E-state index contributed by atoms with van der Waals surface area (Å²) in [7, 11) is 0. The van der Waals surface area contributed by atoms with Crippen molar-refractivity contribution in [2.45, 2.75) is 0 Å². The predicted molar refractivity (Wildman–Crippen MR) is 53.5 cm³/mol. The quantitative estimate of drug-likeness (QED) is 0.267. The van der Waals surface area contributed by atoms with Crippen molar-refractivity contribution in [3.8, 4) is 0 Å². The van der Waals surface area contributed by atoms with Gasteiger partial charge in [0.15, 0.2) is 17.9 Å². The van der Waals surface area contributed by atoms with Crippen molar-refractivity contribution in [1.82, 2.24) is 0 Å². The standard InChI is InChI=1S/C9H5ClFNO4/c10-3-7(14)8-6(12(15)16)2-1-5(4-13)9(8)11/h1-2,4H,3H2. The third kappa shape index (κ3) is 2.06. The lowest BCUT2D eigenvalue weighted by molar-refractivity contribution is -0.385. The van der Waals surface area contributed by atoms with Crippen molar-refractivity contribution >= 4 is 29.4 Å². The highest BCUT2D eigenvalue weighted by molar-refractivity contribution is 6.31. The first-order valence-corrected chi connectivity index (χ1v) is 4.57. The Bertz CT molecular complexity index is 475. The fourth-order valence-electron chi connectivity index (χ4n) is 1.16. The first-order chi connectivity index (χ1) is 7.52. The first kappa shape index (κ1) is 12.3. The molecule has 0 heterocycles. The molecule has 0 spiro atoms. The van der Waals surface area contributed by atoms with Crippen LogP contribution in [0, 0.1) is 15.9 Å². The van der Waals surface area contributed by atoms with Crippen molar-refractivity contribution in [3.05, 3.63) is 39.2 Å². The molecule has 0 radical (unpaired) electrons. The van der Waals surface area contributed by atoms with Gasteiger partial charge < -0.3 is 0 Å². The van der Waals surface area contributed by atoms with Crippen LogP contribution >= 0.6 is 11.6 Å². The number of ketones is 1. The molecule has 1 aromatic carbocycles. The Kier molecular flexibility index (Phi) is 3.68. The molecule has 0 bridgehead atoms. The van der Waals surface area contributed by atoms with Gasteiger partial charge in [-0.05, 0) is 6.07 Å². The second-order valence-electron chi connectivity index (χ2n) is 2.79. The van der Waals surface area contributed by atoms with Gasteiger partial charge in [-0.1, -0.05) is 0 Å². The maximum Gasteiger partial charge on any atom is 0.283 e. The van der Waals surface area contributed by atoms with Crippen LogP contribution in [-0.2, 0) is 0 Å². The Morgan fingerprint density at radius 2 is 2.19 bits per heavy atom. The Labute approximate surface area is 94.0 Å². The van der Waals surface area contributed by atoms with E-state index in [2.05, 4.69) is 0 Å². The van der Waals surface area contributed by atoms with E-state index in [4.69, 9.17) is 11.6 Å². The summed E-state index contributed by atoms with van der Waals surface area (Å²) in [5, 5.41) is 10.5. The Morgan fingerprint density at radius 3 is 2.62 bits per heavy atom. The number of hydrogen-bond donors (Lipinski definition) is 0. The Morgan fingerprint density at radius 1 is 1.56 bits per heavy atom. The highest BCUT2D eigenvalue weighted by atomic mass is 35.5. The number of Topliss-reactive ketones (excluding diaryl/α,β-unsaturated/α-hetero) is 1. The smallest absolute Gasteiger partial charge is 0.283 e. The van der Waals surface area contributed by atoms with Crippen molar-refractivity contribution in [2.75, 3.05) is 5.88 Å². The minimum Gasteiger partial charge on any atom is -0.298 e. The number of nitro benzene ring substituents is 1. The van der Waals surface area contributed by atoms with Crippen LogP contribution in [0.1, 0.15) is 20.7 Å². The van der Waals surface area contributed by atoms with Crippen LogP contribution in [-0.4, -0.2) is 22.9 Å². The van der Waals surface area contributed by atoms with E-state index < -0.39 is 39.2 Å². The van der Waals surface area contributed by atoms with Gasteiger partial charge in [0, 0.05) is 6.07 Å². The van der Waals surface area contributed by atoms with Crippen molar-refractivity contribution in [2.24, 2.45) is 0 Å². The van der Waals surface area contributed by atoms with E-state index in [9.17, 15) is 24.1 Å². The molecule has 16 heavy (non-hydrogen) atoms. The van der Waals surface area contributed by atoms with Gasteiger partial charge >= 0.3 is 0 Å². The molecule has 0 aliphatic heterocycles. The number of carbonyl (C=O) groups is 2. The number of aldehydes is 1. The number of benzene rings is 1. The molecule has 1 aromatic rings. The maximum absolute atomic E-state index is 13.5. The molecule has 84 valence electrons. The van der Waals surface area contributed by atoms with Crippen LogP contribution in [0.2, 0.25) is 0 Å². The number of nitrogens with zero attached hydrogens (tertiary/aromatic N) is 1. The predicted octanol–water partition coefficient (Wildman–Crippen LogP) is 1.97. The molecule has 0 atom stereocenters. The van der Waals surface area contributed by atoms with E-state index in [1.54, 1.807) is 0 Å². The second-order valence-corrected chi connectivity index (χ2v) is 3.06. The molecule has 0 fully saturated rings. The molecule has 0 N–H and O–H groups in total. The second kappa shape index (κ2) is 4.80. The van der Waals surface area contributed by atoms with E-state index in [-0.39, 0.29) is 6.29 Å². The normalized spacial score (nSPS) is 9.88. The van der Waals surface area contributed by atoms with Gasteiger partial charge in [0.1, 0.15) is 5.56 Å². The molecular formula is C9H5ClFNO4. The molecule has 0 saturated carbocycles. The molecule has 0 aliphatic carbocycles. The number of rotatable bonds is 4. The molecule has 5 nitrogen and oxygen atoms in total. The molecule has 0 saturated heterocycles. The summed E-state index contributed by atoms with van der Waals surface area (Å²) in [6.07, 6.45) is 0.171. The largest absolute Gasteiger partial charge is 0.298 e. The van der Waals surface area contributed by atoms with Gasteiger partial charge in [-0.2, -0.15) is 0 Å². The summed E-state index contributed by atoms with van der Waals surface area (Å²) in [5.74, 6) is -2.75. The summed E-state index contributed by atoms with van der Waals surface area (Å²) in [4.78, 5) is 31.3. The summed E-state index contributed by atoms with van der Waals surface area (Å²) in [6, 6.07) is 1.83. The summed E-state index contributed by atoms with van der Waals surface area (Å²) >= 11 is 5.20. The van der Waals surface area contributed by atoms with Crippen LogP contribution in [0.5, 0.6) is 0 Å². The third-order valence-electron chi connectivity index (χ3n) is 1.87. The molecule has 0 amide bonds. The molecule has 1 rings (SSSR count).